The largest absolute Gasteiger partial charge is 0.299 e. The summed E-state index contributed by atoms with van der Waals surface area (Å²) in [6, 6.07) is 0. The fourth-order valence-corrected chi connectivity index (χ4v) is 5.16. The van der Waals surface area contributed by atoms with Crippen LogP contribution in [0, 0.1) is 29.1 Å². The number of rotatable bonds is 0. The van der Waals surface area contributed by atoms with Crippen LogP contribution in [-0.2, 0) is 4.79 Å². The van der Waals surface area contributed by atoms with Crippen LogP contribution < -0.4 is 0 Å². The lowest BCUT2D eigenvalue weighted by molar-refractivity contribution is -0.122. The molecule has 0 radical (unpaired) electrons. The van der Waals surface area contributed by atoms with E-state index in [4.69, 9.17) is 0 Å². The van der Waals surface area contributed by atoms with Crippen LogP contribution in [0.3, 0.4) is 0 Å². The molecule has 2 bridgehead atoms. The molecule has 4 atom stereocenters. The third-order valence-corrected chi connectivity index (χ3v) is 5.68. The summed E-state index contributed by atoms with van der Waals surface area (Å²) in [5.41, 5.74) is 0.472. The average molecular weight is 202 g/mol. The molecular weight excluding hydrogens is 184 g/mol. The molecule has 1 spiro atoms. The molecule has 0 aromatic carbocycles. The standard InChI is InChI=1S/C14H18O/c15-13-10-3-4-11(13)12-9(10)5-8-14(12)6-1-2-7-14/h5,8-12H,1-4,6-7H2/t9-,10+,11-,12-/m0/s1. The van der Waals surface area contributed by atoms with E-state index in [1.165, 1.54) is 38.5 Å². The molecule has 1 nitrogen and oxygen atoms in total. The van der Waals surface area contributed by atoms with Gasteiger partial charge in [0, 0.05) is 11.8 Å². The minimum absolute atomic E-state index is 0.427. The Morgan fingerprint density at radius 1 is 1.13 bits per heavy atom. The summed E-state index contributed by atoms with van der Waals surface area (Å²) in [5.74, 6) is 2.88. The lowest BCUT2D eigenvalue weighted by Gasteiger charge is -2.36. The zero-order valence-electron chi connectivity index (χ0n) is 9.11. The van der Waals surface area contributed by atoms with E-state index < -0.39 is 0 Å². The van der Waals surface area contributed by atoms with Crippen LogP contribution >= 0.6 is 0 Å². The first-order valence-electron chi connectivity index (χ1n) is 6.55. The van der Waals surface area contributed by atoms with Gasteiger partial charge in [-0.05, 0) is 42.9 Å². The summed E-state index contributed by atoms with van der Waals surface area (Å²) in [4.78, 5) is 12.1. The first-order valence-corrected chi connectivity index (χ1v) is 6.55. The molecule has 15 heavy (non-hydrogen) atoms. The van der Waals surface area contributed by atoms with Crippen LogP contribution in [0.5, 0.6) is 0 Å². The number of ketones is 1. The molecule has 0 saturated heterocycles. The normalized spacial score (nSPS) is 49.5. The second kappa shape index (κ2) is 2.56. The van der Waals surface area contributed by atoms with Crippen molar-refractivity contribution in [1.29, 1.82) is 0 Å². The summed E-state index contributed by atoms with van der Waals surface area (Å²) < 4.78 is 0. The third kappa shape index (κ3) is 0.847. The van der Waals surface area contributed by atoms with Crippen molar-refractivity contribution in [3.63, 3.8) is 0 Å². The van der Waals surface area contributed by atoms with E-state index in [0.29, 0.717) is 29.0 Å². The van der Waals surface area contributed by atoms with Crippen LogP contribution in [-0.4, -0.2) is 5.78 Å². The van der Waals surface area contributed by atoms with Gasteiger partial charge in [-0.25, -0.2) is 0 Å². The third-order valence-electron chi connectivity index (χ3n) is 5.68. The van der Waals surface area contributed by atoms with Crippen LogP contribution in [0.2, 0.25) is 0 Å². The zero-order chi connectivity index (χ0) is 10.0. The van der Waals surface area contributed by atoms with E-state index >= 15 is 0 Å². The molecule has 4 rings (SSSR count). The Balaban J connectivity index is 1.78. The Morgan fingerprint density at radius 2 is 1.87 bits per heavy atom. The van der Waals surface area contributed by atoms with Gasteiger partial charge in [0.15, 0.2) is 0 Å². The number of hydrogen-bond donors (Lipinski definition) is 0. The second-order valence-corrected chi connectivity index (χ2v) is 6.10. The van der Waals surface area contributed by atoms with Gasteiger partial charge in [-0.3, -0.25) is 4.79 Å². The minimum Gasteiger partial charge on any atom is -0.299 e. The molecule has 4 aliphatic rings. The Morgan fingerprint density at radius 3 is 2.67 bits per heavy atom. The molecule has 0 unspecified atom stereocenters. The fraction of sp³-hybridized carbons (Fsp3) is 0.786. The van der Waals surface area contributed by atoms with Crippen molar-refractivity contribution in [2.45, 2.75) is 38.5 Å². The summed E-state index contributed by atoms with van der Waals surface area (Å²) >= 11 is 0. The van der Waals surface area contributed by atoms with Crippen LogP contribution in [0.1, 0.15) is 38.5 Å². The molecule has 0 N–H and O–H groups in total. The van der Waals surface area contributed by atoms with Gasteiger partial charge in [-0.2, -0.15) is 0 Å². The maximum atomic E-state index is 12.1. The molecule has 3 saturated carbocycles. The van der Waals surface area contributed by atoms with Gasteiger partial charge in [0.1, 0.15) is 5.78 Å². The Labute approximate surface area is 90.9 Å². The lowest BCUT2D eigenvalue weighted by atomic mass is 9.67. The molecular formula is C14H18O. The monoisotopic (exact) mass is 202 g/mol. The van der Waals surface area contributed by atoms with Crippen molar-refractivity contribution in [3.05, 3.63) is 12.2 Å². The number of hydrogen-bond acceptors (Lipinski definition) is 1. The highest BCUT2D eigenvalue weighted by Gasteiger charge is 2.61. The summed E-state index contributed by atoms with van der Waals surface area (Å²) in [5, 5.41) is 0. The van der Waals surface area contributed by atoms with E-state index in [-0.39, 0.29) is 0 Å². The number of allylic oxidation sites excluding steroid dienone is 2. The van der Waals surface area contributed by atoms with E-state index in [2.05, 4.69) is 12.2 Å². The van der Waals surface area contributed by atoms with Gasteiger partial charge in [-0.15, -0.1) is 0 Å². The summed E-state index contributed by atoms with van der Waals surface area (Å²) in [7, 11) is 0. The molecule has 80 valence electrons. The van der Waals surface area contributed by atoms with Crippen molar-refractivity contribution in [2.75, 3.05) is 0 Å². The molecule has 0 aliphatic heterocycles. The molecule has 0 heterocycles. The first-order chi connectivity index (χ1) is 7.32. The molecule has 4 aliphatic carbocycles. The Hall–Kier alpha value is -0.590. The highest BCUT2D eigenvalue weighted by molar-refractivity contribution is 5.89. The van der Waals surface area contributed by atoms with Crippen molar-refractivity contribution in [3.8, 4) is 0 Å². The van der Waals surface area contributed by atoms with Gasteiger partial charge >= 0.3 is 0 Å². The number of fused-ring (bicyclic) bond motifs is 6. The SMILES string of the molecule is O=C1[C@H]2CC[C@@H]1[C@@H]1C=CC3(CCCC3)[C@@H]12. The van der Waals surface area contributed by atoms with Gasteiger partial charge in [0.2, 0.25) is 0 Å². The molecule has 3 fully saturated rings. The number of carbonyl (C=O) groups excluding carboxylic acids is 1. The van der Waals surface area contributed by atoms with E-state index in [1.807, 2.05) is 0 Å². The maximum Gasteiger partial charge on any atom is 0.139 e. The van der Waals surface area contributed by atoms with Gasteiger partial charge in [-0.1, -0.05) is 25.0 Å². The quantitative estimate of drug-likeness (QED) is 0.552. The lowest BCUT2D eigenvalue weighted by Crippen LogP contribution is -2.31. The first kappa shape index (κ1) is 8.55. The van der Waals surface area contributed by atoms with Crippen LogP contribution in [0.15, 0.2) is 12.2 Å². The molecule has 1 heteroatoms. The topological polar surface area (TPSA) is 17.1 Å². The van der Waals surface area contributed by atoms with Gasteiger partial charge in [0.05, 0.1) is 0 Å². The number of Topliss-reactive ketones (excluding diaryl/α,β-unsaturated/α-hetero) is 1. The molecule has 0 aromatic heterocycles. The minimum atomic E-state index is 0.427. The van der Waals surface area contributed by atoms with Crippen LogP contribution in [0.25, 0.3) is 0 Å². The van der Waals surface area contributed by atoms with E-state index in [1.54, 1.807) is 0 Å². The van der Waals surface area contributed by atoms with Crippen molar-refractivity contribution >= 4 is 5.78 Å². The maximum absolute atomic E-state index is 12.1. The Kier molecular flexibility index (Phi) is 1.46. The predicted octanol–water partition coefficient (Wildman–Crippen LogP) is 2.96. The smallest absolute Gasteiger partial charge is 0.139 e. The van der Waals surface area contributed by atoms with Gasteiger partial charge in [0.25, 0.3) is 0 Å². The van der Waals surface area contributed by atoms with Crippen LogP contribution in [0.4, 0.5) is 0 Å². The van der Waals surface area contributed by atoms with Crippen molar-refractivity contribution in [2.24, 2.45) is 29.1 Å². The van der Waals surface area contributed by atoms with E-state index in [9.17, 15) is 4.79 Å². The summed E-state index contributed by atoms with van der Waals surface area (Å²) in [6.07, 6.45) is 12.8. The highest BCUT2D eigenvalue weighted by atomic mass is 16.1. The molecule has 0 amide bonds. The van der Waals surface area contributed by atoms with E-state index in [0.717, 1.165) is 5.92 Å². The number of carbonyl (C=O) groups is 1. The second-order valence-electron chi connectivity index (χ2n) is 6.10. The summed E-state index contributed by atoms with van der Waals surface area (Å²) in [6.45, 7) is 0. The predicted molar refractivity (Wildman–Crippen MR) is 58.2 cm³/mol. The zero-order valence-corrected chi connectivity index (χ0v) is 9.11. The average Bonchev–Trinajstić information content (AvgIpc) is 2.96. The highest BCUT2D eigenvalue weighted by Crippen LogP contribution is 2.64. The Bertz CT molecular complexity index is 348. The molecule has 0 aromatic rings. The van der Waals surface area contributed by atoms with Crippen molar-refractivity contribution < 1.29 is 4.79 Å². The van der Waals surface area contributed by atoms with Gasteiger partial charge < -0.3 is 0 Å². The fourth-order valence-electron chi connectivity index (χ4n) is 5.16. The van der Waals surface area contributed by atoms with Crippen molar-refractivity contribution in [1.82, 2.24) is 0 Å².